The molecule has 1 aliphatic rings. The van der Waals surface area contributed by atoms with Crippen molar-refractivity contribution in [1.82, 2.24) is 5.32 Å². The van der Waals surface area contributed by atoms with Crippen molar-refractivity contribution in [3.8, 4) is 16.9 Å². The normalized spacial score (nSPS) is 14.3. The standard InChI is InChI=1S/C18H21NO/c1-13-6-7-15(12-19-16-8-9-16)18(10-13)14-4-3-5-17(11-14)20-2/h3-7,10-11,16,19H,8-9,12H2,1-2H3. The highest BCUT2D eigenvalue weighted by molar-refractivity contribution is 5.69. The second-order valence-electron chi connectivity index (χ2n) is 5.55. The van der Waals surface area contributed by atoms with Gasteiger partial charge in [-0.25, -0.2) is 0 Å². The van der Waals surface area contributed by atoms with Gasteiger partial charge in [0.05, 0.1) is 7.11 Å². The number of hydrogen-bond donors (Lipinski definition) is 1. The van der Waals surface area contributed by atoms with E-state index in [4.69, 9.17) is 4.74 Å². The predicted molar refractivity (Wildman–Crippen MR) is 83.0 cm³/mol. The Kier molecular flexibility index (Phi) is 3.75. The smallest absolute Gasteiger partial charge is 0.119 e. The van der Waals surface area contributed by atoms with Crippen LogP contribution in [0.4, 0.5) is 0 Å². The van der Waals surface area contributed by atoms with E-state index in [0.717, 1.165) is 18.3 Å². The summed E-state index contributed by atoms with van der Waals surface area (Å²) in [7, 11) is 1.71. The van der Waals surface area contributed by atoms with E-state index in [0.29, 0.717) is 0 Å². The number of aryl methyl sites for hydroxylation is 1. The average molecular weight is 267 g/mol. The largest absolute Gasteiger partial charge is 0.497 e. The Bertz CT molecular complexity index is 602. The number of ether oxygens (including phenoxy) is 1. The molecular weight excluding hydrogens is 246 g/mol. The molecule has 1 saturated carbocycles. The van der Waals surface area contributed by atoms with Crippen molar-refractivity contribution in [2.45, 2.75) is 32.4 Å². The van der Waals surface area contributed by atoms with E-state index in [-0.39, 0.29) is 0 Å². The third-order valence-electron chi connectivity index (χ3n) is 3.80. The molecule has 2 nitrogen and oxygen atoms in total. The third kappa shape index (κ3) is 3.02. The van der Waals surface area contributed by atoms with Gasteiger partial charge in [-0.3, -0.25) is 0 Å². The molecule has 0 saturated heterocycles. The Morgan fingerprint density at radius 3 is 2.75 bits per heavy atom. The zero-order chi connectivity index (χ0) is 13.9. The van der Waals surface area contributed by atoms with E-state index in [2.05, 4.69) is 48.6 Å². The van der Waals surface area contributed by atoms with Crippen LogP contribution in [0.3, 0.4) is 0 Å². The molecule has 0 aromatic heterocycles. The van der Waals surface area contributed by atoms with Gasteiger partial charge in [0.1, 0.15) is 5.75 Å². The predicted octanol–water partition coefficient (Wildman–Crippen LogP) is 3.92. The van der Waals surface area contributed by atoms with Crippen LogP contribution in [0.15, 0.2) is 42.5 Å². The van der Waals surface area contributed by atoms with Crippen LogP contribution in [0, 0.1) is 6.92 Å². The molecule has 104 valence electrons. The van der Waals surface area contributed by atoms with Gasteiger partial charge in [-0.1, -0.05) is 35.9 Å². The topological polar surface area (TPSA) is 21.3 Å². The third-order valence-corrected chi connectivity index (χ3v) is 3.80. The Morgan fingerprint density at radius 1 is 1.15 bits per heavy atom. The fourth-order valence-electron chi connectivity index (χ4n) is 2.45. The van der Waals surface area contributed by atoms with Crippen LogP contribution in [-0.2, 0) is 6.54 Å². The summed E-state index contributed by atoms with van der Waals surface area (Å²) in [5.74, 6) is 0.908. The molecule has 1 fully saturated rings. The molecule has 3 rings (SSSR count). The molecular formula is C18H21NO. The minimum atomic E-state index is 0.731. The molecule has 0 atom stereocenters. The van der Waals surface area contributed by atoms with E-state index in [1.165, 1.54) is 35.1 Å². The van der Waals surface area contributed by atoms with Gasteiger partial charge in [0, 0.05) is 12.6 Å². The monoisotopic (exact) mass is 267 g/mol. The Hall–Kier alpha value is -1.80. The van der Waals surface area contributed by atoms with Crippen LogP contribution in [-0.4, -0.2) is 13.2 Å². The van der Waals surface area contributed by atoms with E-state index in [1.54, 1.807) is 7.11 Å². The van der Waals surface area contributed by atoms with Gasteiger partial charge in [0.15, 0.2) is 0 Å². The molecule has 1 aliphatic carbocycles. The van der Waals surface area contributed by atoms with Gasteiger partial charge < -0.3 is 10.1 Å². The van der Waals surface area contributed by atoms with Crippen molar-refractivity contribution in [2.24, 2.45) is 0 Å². The molecule has 1 N–H and O–H groups in total. The highest BCUT2D eigenvalue weighted by Gasteiger charge is 2.20. The van der Waals surface area contributed by atoms with Crippen molar-refractivity contribution < 1.29 is 4.74 Å². The van der Waals surface area contributed by atoms with Crippen molar-refractivity contribution in [2.75, 3.05) is 7.11 Å². The molecule has 0 aliphatic heterocycles. The van der Waals surface area contributed by atoms with Crippen LogP contribution in [0.1, 0.15) is 24.0 Å². The summed E-state index contributed by atoms with van der Waals surface area (Å²) < 4.78 is 5.34. The quantitative estimate of drug-likeness (QED) is 0.886. The number of hydrogen-bond acceptors (Lipinski definition) is 2. The minimum Gasteiger partial charge on any atom is -0.497 e. The Balaban J connectivity index is 1.94. The van der Waals surface area contributed by atoms with Crippen molar-refractivity contribution in [3.63, 3.8) is 0 Å². The van der Waals surface area contributed by atoms with Crippen LogP contribution >= 0.6 is 0 Å². The van der Waals surface area contributed by atoms with E-state index < -0.39 is 0 Å². The van der Waals surface area contributed by atoms with Gasteiger partial charge in [0.25, 0.3) is 0 Å². The van der Waals surface area contributed by atoms with Gasteiger partial charge in [-0.05, 0) is 48.6 Å². The zero-order valence-electron chi connectivity index (χ0n) is 12.1. The lowest BCUT2D eigenvalue weighted by Crippen LogP contribution is -2.15. The van der Waals surface area contributed by atoms with Crippen LogP contribution in [0.5, 0.6) is 5.75 Å². The molecule has 2 heteroatoms. The molecule has 0 amide bonds. The first-order chi connectivity index (χ1) is 9.76. The van der Waals surface area contributed by atoms with Gasteiger partial charge in [-0.15, -0.1) is 0 Å². The number of methoxy groups -OCH3 is 1. The fraction of sp³-hybridized carbons (Fsp3) is 0.333. The Morgan fingerprint density at radius 2 is 2.00 bits per heavy atom. The summed E-state index contributed by atoms with van der Waals surface area (Å²) in [6, 6.07) is 15.7. The Labute approximate surface area is 120 Å². The summed E-state index contributed by atoms with van der Waals surface area (Å²) in [6.45, 7) is 3.08. The summed E-state index contributed by atoms with van der Waals surface area (Å²) in [4.78, 5) is 0. The highest BCUT2D eigenvalue weighted by atomic mass is 16.5. The van der Waals surface area contributed by atoms with Gasteiger partial charge in [-0.2, -0.15) is 0 Å². The van der Waals surface area contributed by atoms with Crippen LogP contribution in [0.2, 0.25) is 0 Å². The SMILES string of the molecule is COc1cccc(-c2cc(C)ccc2CNC2CC2)c1. The van der Waals surface area contributed by atoms with E-state index in [1.807, 2.05) is 6.07 Å². The number of benzene rings is 2. The lowest BCUT2D eigenvalue weighted by molar-refractivity contribution is 0.415. The fourth-order valence-corrected chi connectivity index (χ4v) is 2.45. The highest BCUT2D eigenvalue weighted by Crippen LogP contribution is 2.29. The number of rotatable bonds is 5. The minimum absolute atomic E-state index is 0.731. The van der Waals surface area contributed by atoms with E-state index in [9.17, 15) is 0 Å². The lowest BCUT2D eigenvalue weighted by atomic mass is 9.97. The molecule has 0 unspecified atom stereocenters. The maximum atomic E-state index is 5.34. The molecule has 2 aromatic carbocycles. The molecule has 0 radical (unpaired) electrons. The van der Waals surface area contributed by atoms with Crippen molar-refractivity contribution in [1.29, 1.82) is 0 Å². The number of nitrogens with one attached hydrogen (secondary N) is 1. The molecule has 2 aromatic rings. The summed E-state index contributed by atoms with van der Waals surface area (Å²) >= 11 is 0. The zero-order valence-corrected chi connectivity index (χ0v) is 12.1. The molecule has 0 bridgehead atoms. The van der Waals surface area contributed by atoms with Crippen LogP contribution < -0.4 is 10.1 Å². The van der Waals surface area contributed by atoms with Gasteiger partial charge in [0.2, 0.25) is 0 Å². The second kappa shape index (κ2) is 5.68. The molecule has 0 spiro atoms. The van der Waals surface area contributed by atoms with Crippen molar-refractivity contribution in [3.05, 3.63) is 53.6 Å². The van der Waals surface area contributed by atoms with Gasteiger partial charge >= 0.3 is 0 Å². The second-order valence-corrected chi connectivity index (χ2v) is 5.55. The average Bonchev–Trinajstić information content (AvgIpc) is 3.30. The summed E-state index contributed by atoms with van der Waals surface area (Å²) in [6.07, 6.45) is 2.64. The molecule has 0 heterocycles. The first kappa shape index (κ1) is 13.2. The molecule has 20 heavy (non-hydrogen) atoms. The summed E-state index contributed by atoms with van der Waals surface area (Å²) in [5.41, 5.74) is 5.17. The van der Waals surface area contributed by atoms with Crippen molar-refractivity contribution >= 4 is 0 Å². The lowest BCUT2D eigenvalue weighted by Gasteiger charge is -2.13. The van der Waals surface area contributed by atoms with E-state index >= 15 is 0 Å². The maximum absolute atomic E-state index is 5.34. The van der Waals surface area contributed by atoms with Crippen LogP contribution in [0.25, 0.3) is 11.1 Å². The maximum Gasteiger partial charge on any atom is 0.119 e. The first-order valence-corrected chi connectivity index (χ1v) is 7.23. The summed E-state index contributed by atoms with van der Waals surface area (Å²) in [5, 5.41) is 3.60. The first-order valence-electron chi connectivity index (χ1n) is 7.23.